The fourth-order valence-electron chi connectivity index (χ4n) is 2.85. The second-order valence-electron chi connectivity index (χ2n) is 4.77. The van der Waals surface area contributed by atoms with E-state index in [0.29, 0.717) is 17.1 Å². The number of likely N-dealkylation sites (N-methyl/N-ethyl adjacent to an activating group) is 1. The van der Waals surface area contributed by atoms with Crippen LogP contribution in [0.25, 0.3) is 5.57 Å². The SMILES string of the molecule is C.CC.CN1CC2CCC1C=C2c1ccc(Cl)nc1. The first-order valence-corrected chi connectivity index (χ1v) is 7.16. The average Bonchev–Trinajstić information content (AvgIpc) is 2.42. The van der Waals surface area contributed by atoms with Crippen molar-refractivity contribution in [2.75, 3.05) is 13.6 Å². The quantitative estimate of drug-likeness (QED) is 0.704. The minimum absolute atomic E-state index is 0. The summed E-state index contributed by atoms with van der Waals surface area (Å²) in [5.41, 5.74) is 2.71. The van der Waals surface area contributed by atoms with Gasteiger partial charge in [-0.15, -0.1) is 0 Å². The standard InChI is InChI=1S/C13H15ClN2.C2H6.CH4/c1-16-8-10-2-4-11(16)6-12(10)9-3-5-13(14)15-7-9;1-2;/h3,5-7,10-11H,2,4,8H2,1H3;1-2H3;1H4. The van der Waals surface area contributed by atoms with E-state index in [1.165, 1.54) is 30.5 Å². The molecule has 2 unspecified atom stereocenters. The molecule has 1 aliphatic carbocycles. The van der Waals surface area contributed by atoms with E-state index in [4.69, 9.17) is 11.6 Å². The lowest BCUT2D eigenvalue weighted by molar-refractivity contribution is 0.178. The zero-order chi connectivity index (χ0) is 13.1. The van der Waals surface area contributed by atoms with Crippen LogP contribution < -0.4 is 0 Å². The number of piperidine rings is 1. The molecule has 2 bridgehead atoms. The summed E-state index contributed by atoms with van der Waals surface area (Å²) in [7, 11) is 2.21. The molecular weight excluding hydrogens is 256 g/mol. The van der Waals surface area contributed by atoms with Crippen molar-refractivity contribution in [2.45, 2.75) is 40.2 Å². The molecule has 2 nitrogen and oxygen atoms in total. The number of halogens is 1. The van der Waals surface area contributed by atoms with Crippen LogP contribution >= 0.6 is 11.6 Å². The van der Waals surface area contributed by atoms with Crippen molar-refractivity contribution in [2.24, 2.45) is 5.92 Å². The lowest BCUT2D eigenvalue weighted by Crippen LogP contribution is -2.43. The highest BCUT2D eigenvalue weighted by Crippen LogP contribution is 2.38. The van der Waals surface area contributed by atoms with Gasteiger partial charge in [0, 0.05) is 18.8 Å². The highest BCUT2D eigenvalue weighted by molar-refractivity contribution is 6.29. The topological polar surface area (TPSA) is 16.1 Å². The van der Waals surface area contributed by atoms with Crippen LogP contribution in [0.15, 0.2) is 24.4 Å². The van der Waals surface area contributed by atoms with Gasteiger partial charge in [0.2, 0.25) is 0 Å². The third-order valence-corrected chi connectivity index (χ3v) is 3.98. The third kappa shape index (κ3) is 3.37. The average molecular weight is 281 g/mol. The van der Waals surface area contributed by atoms with Crippen LogP contribution in [-0.2, 0) is 0 Å². The molecule has 106 valence electrons. The molecule has 19 heavy (non-hydrogen) atoms. The Morgan fingerprint density at radius 2 is 2.00 bits per heavy atom. The first kappa shape index (κ1) is 16.2. The van der Waals surface area contributed by atoms with Crippen LogP contribution in [0, 0.1) is 5.92 Å². The van der Waals surface area contributed by atoms with Gasteiger partial charge in [0.05, 0.1) is 0 Å². The molecular formula is C16H25ClN2. The Labute approximate surface area is 122 Å². The number of hydrogen-bond acceptors (Lipinski definition) is 2. The number of nitrogens with zero attached hydrogens (tertiary/aromatic N) is 2. The molecule has 3 aliphatic rings. The fraction of sp³-hybridized carbons (Fsp3) is 0.562. The van der Waals surface area contributed by atoms with Gasteiger partial charge in [-0.1, -0.05) is 45.0 Å². The Bertz CT molecular complexity index is 425. The molecule has 2 atom stereocenters. The fourth-order valence-corrected chi connectivity index (χ4v) is 2.96. The number of rotatable bonds is 1. The second kappa shape index (κ2) is 7.06. The van der Waals surface area contributed by atoms with Crippen molar-refractivity contribution < 1.29 is 0 Å². The summed E-state index contributed by atoms with van der Waals surface area (Å²) in [6.07, 6.45) is 6.91. The van der Waals surface area contributed by atoms with E-state index < -0.39 is 0 Å². The number of pyridine rings is 1. The molecule has 2 aliphatic heterocycles. The van der Waals surface area contributed by atoms with E-state index in [1.807, 2.05) is 26.1 Å². The summed E-state index contributed by atoms with van der Waals surface area (Å²) in [6.45, 7) is 5.18. The van der Waals surface area contributed by atoms with E-state index in [2.05, 4.69) is 29.1 Å². The van der Waals surface area contributed by atoms with Gasteiger partial charge in [0.25, 0.3) is 0 Å². The van der Waals surface area contributed by atoms with Gasteiger partial charge in [-0.25, -0.2) is 4.98 Å². The molecule has 1 saturated heterocycles. The van der Waals surface area contributed by atoms with Crippen LogP contribution in [-0.4, -0.2) is 29.5 Å². The van der Waals surface area contributed by atoms with Crippen LogP contribution in [0.4, 0.5) is 0 Å². The Hall–Kier alpha value is -0.860. The summed E-state index contributed by atoms with van der Waals surface area (Å²) in [5.74, 6) is 0.679. The van der Waals surface area contributed by atoms with Crippen LogP contribution in [0.2, 0.25) is 5.15 Å². The van der Waals surface area contributed by atoms with Crippen molar-refractivity contribution in [1.29, 1.82) is 0 Å². The van der Waals surface area contributed by atoms with Gasteiger partial charge in [-0.3, -0.25) is 4.90 Å². The van der Waals surface area contributed by atoms with Crippen LogP contribution in [0.5, 0.6) is 0 Å². The zero-order valence-corrected chi connectivity index (χ0v) is 12.1. The lowest BCUT2D eigenvalue weighted by atomic mass is 9.78. The highest BCUT2D eigenvalue weighted by Gasteiger charge is 2.32. The molecule has 3 heterocycles. The summed E-state index contributed by atoms with van der Waals surface area (Å²) >= 11 is 5.81. The van der Waals surface area contributed by atoms with E-state index in [0.717, 1.165) is 0 Å². The number of aromatic nitrogens is 1. The second-order valence-corrected chi connectivity index (χ2v) is 5.16. The Morgan fingerprint density at radius 3 is 2.47 bits per heavy atom. The van der Waals surface area contributed by atoms with Gasteiger partial charge in [0.15, 0.2) is 0 Å². The molecule has 0 N–H and O–H groups in total. The smallest absolute Gasteiger partial charge is 0.129 e. The van der Waals surface area contributed by atoms with Crippen molar-refractivity contribution in [3.05, 3.63) is 35.1 Å². The summed E-state index contributed by atoms with van der Waals surface area (Å²) in [5, 5.41) is 0.572. The third-order valence-electron chi connectivity index (χ3n) is 3.76. The minimum atomic E-state index is 0. The monoisotopic (exact) mass is 280 g/mol. The van der Waals surface area contributed by atoms with Gasteiger partial charge in [-0.05, 0) is 43.0 Å². The molecule has 0 aromatic carbocycles. The first-order valence-electron chi connectivity index (χ1n) is 6.78. The molecule has 0 saturated carbocycles. The molecule has 1 fully saturated rings. The predicted octanol–water partition coefficient (Wildman–Crippen LogP) is 4.50. The summed E-state index contributed by atoms with van der Waals surface area (Å²) < 4.78 is 0. The molecule has 4 rings (SSSR count). The number of fused-ring (bicyclic) bond motifs is 2. The van der Waals surface area contributed by atoms with E-state index in [1.54, 1.807) is 0 Å². The van der Waals surface area contributed by atoms with E-state index in [9.17, 15) is 0 Å². The number of hydrogen-bond donors (Lipinski definition) is 0. The van der Waals surface area contributed by atoms with Gasteiger partial charge < -0.3 is 0 Å². The van der Waals surface area contributed by atoms with Gasteiger partial charge in [0.1, 0.15) is 5.15 Å². The zero-order valence-electron chi connectivity index (χ0n) is 11.4. The molecule has 1 aromatic heterocycles. The van der Waals surface area contributed by atoms with E-state index in [-0.39, 0.29) is 7.43 Å². The Morgan fingerprint density at radius 1 is 1.26 bits per heavy atom. The molecule has 0 radical (unpaired) electrons. The molecule has 3 heteroatoms. The van der Waals surface area contributed by atoms with Crippen molar-refractivity contribution >= 4 is 17.2 Å². The maximum Gasteiger partial charge on any atom is 0.129 e. The summed E-state index contributed by atoms with van der Waals surface area (Å²) in [4.78, 5) is 6.61. The van der Waals surface area contributed by atoms with E-state index >= 15 is 0 Å². The van der Waals surface area contributed by atoms with Gasteiger partial charge >= 0.3 is 0 Å². The molecule has 0 spiro atoms. The van der Waals surface area contributed by atoms with Crippen molar-refractivity contribution in [1.82, 2.24) is 9.88 Å². The maximum atomic E-state index is 5.81. The Balaban J connectivity index is 0.000000576. The normalized spacial score (nSPS) is 24.9. The lowest BCUT2D eigenvalue weighted by Gasteiger charge is -2.42. The molecule has 0 amide bonds. The molecule has 1 aromatic rings. The van der Waals surface area contributed by atoms with Gasteiger partial charge in [-0.2, -0.15) is 0 Å². The maximum absolute atomic E-state index is 5.81. The van der Waals surface area contributed by atoms with Crippen molar-refractivity contribution in [3.8, 4) is 0 Å². The Kier molecular flexibility index (Phi) is 6.02. The highest BCUT2D eigenvalue weighted by atomic mass is 35.5. The first-order chi connectivity index (χ1) is 8.74. The van der Waals surface area contributed by atoms with Crippen molar-refractivity contribution in [3.63, 3.8) is 0 Å². The summed E-state index contributed by atoms with van der Waals surface area (Å²) in [6, 6.07) is 4.58. The predicted molar refractivity (Wildman–Crippen MR) is 84.4 cm³/mol. The largest absolute Gasteiger partial charge is 0.299 e. The minimum Gasteiger partial charge on any atom is -0.299 e. The van der Waals surface area contributed by atoms with Crippen LogP contribution in [0.1, 0.15) is 39.7 Å². The van der Waals surface area contributed by atoms with Crippen LogP contribution in [0.3, 0.4) is 0 Å².